The molecule has 0 radical (unpaired) electrons. The number of aromatic nitrogens is 4. The van der Waals surface area contributed by atoms with E-state index < -0.39 is 32.9 Å². The monoisotopic (exact) mass is 455 g/mol. The lowest BCUT2D eigenvalue weighted by Crippen LogP contribution is -2.50. The molecule has 1 aliphatic rings. The van der Waals surface area contributed by atoms with E-state index >= 15 is 0 Å². The minimum Gasteiger partial charge on any atom is -0.450 e. The van der Waals surface area contributed by atoms with E-state index in [1.165, 1.54) is 12.7 Å². The van der Waals surface area contributed by atoms with Gasteiger partial charge in [0.05, 0.1) is 12.4 Å². The number of nitrogens with zero attached hydrogens (tertiary/aromatic N) is 4. The molecule has 0 saturated carbocycles. The van der Waals surface area contributed by atoms with Crippen LogP contribution in [0.2, 0.25) is 18.1 Å². The van der Waals surface area contributed by atoms with Gasteiger partial charge in [0.25, 0.3) is 0 Å². The number of thioether (sulfide) groups is 1. The van der Waals surface area contributed by atoms with Gasteiger partial charge in [-0.25, -0.2) is 19.7 Å². The molecular weight excluding hydrogens is 426 g/mol. The maximum Gasteiger partial charge on any atom is 0.506 e. The summed E-state index contributed by atoms with van der Waals surface area (Å²) in [6, 6.07) is 0. The number of carbonyl (C=O) groups is 1. The Labute approximate surface area is 180 Å². The fourth-order valence-electron chi connectivity index (χ4n) is 3.19. The normalized spacial score (nSPS) is 25.0. The highest BCUT2D eigenvalue weighted by Gasteiger charge is 2.52. The predicted molar refractivity (Wildman–Crippen MR) is 117 cm³/mol. The van der Waals surface area contributed by atoms with Crippen LogP contribution in [0.3, 0.4) is 0 Å². The molecule has 1 saturated heterocycles. The number of imidazole rings is 1. The van der Waals surface area contributed by atoms with E-state index in [4.69, 9.17) is 19.6 Å². The van der Waals surface area contributed by atoms with Gasteiger partial charge in [-0.2, -0.15) is 11.8 Å². The average Bonchev–Trinajstić information content (AvgIpc) is 3.18. The van der Waals surface area contributed by atoms with Crippen molar-refractivity contribution in [1.29, 1.82) is 0 Å². The molecule has 3 rings (SSSR count). The smallest absolute Gasteiger partial charge is 0.450 e. The van der Waals surface area contributed by atoms with Crippen molar-refractivity contribution in [2.24, 2.45) is 0 Å². The first-order valence-electron chi connectivity index (χ1n) is 9.61. The number of hydrogen-bond donors (Lipinski definition) is 2. The van der Waals surface area contributed by atoms with Crippen molar-refractivity contribution in [3.63, 3.8) is 0 Å². The Bertz CT molecular complexity index is 918. The van der Waals surface area contributed by atoms with Gasteiger partial charge in [-0.15, -0.1) is 0 Å². The fraction of sp³-hybridized carbons (Fsp3) is 0.667. The summed E-state index contributed by atoms with van der Waals surface area (Å²) in [7, 11) is -2.24. The van der Waals surface area contributed by atoms with Crippen LogP contribution in [0.25, 0.3) is 11.2 Å². The number of anilines is 1. The van der Waals surface area contributed by atoms with Crippen molar-refractivity contribution in [1.82, 2.24) is 19.5 Å². The molecule has 10 nitrogen and oxygen atoms in total. The Morgan fingerprint density at radius 1 is 1.33 bits per heavy atom. The second kappa shape index (κ2) is 8.33. The van der Waals surface area contributed by atoms with Gasteiger partial charge in [0.1, 0.15) is 17.9 Å². The van der Waals surface area contributed by atoms with E-state index in [1.807, 2.05) is 6.26 Å². The number of fused-ring (bicyclic) bond motifs is 1. The maximum absolute atomic E-state index is 11.6. The van der Waals surface area contributed by atoms with Crippen molar-refractivity contribution in [3.05, 3.63) is 12.7 Å². The SMILES string of the molecule is CSCC1OC(n2cnc3c(N)ncnc32)C(OC(=O)O)C1O[Si](C)(C)C(C)(C)C. The third kappa shape index (κ3) is 4.27. The number of ether oxygens (including phenoxy) is 2. The van der Waals surface area contributed by atoms with Crippen LogP contribution in [-0.2, 0) is 13.9 Å². The molecule has 0 aliphatic carbocycles. The first kappa shape index (κ1) is 22.8. The van der Waals surface area contributed by atoms with Crippen LogP contribution in [0.4, 0.5) is 10.6 Å². The van der Waals surface area contributed by atoms with Gasteiger partial charge in [0.15, 0.2) is 32.1 Å². The van der Waals surface area contributed by atoms with Gasteiger partial charge >= 0.3 is 6.16 Å². The molecule has 0 bridgehead atoms. The molecule has 0 spiro atoms. The molecule has 4 atom stereocenters. The third-order valence-electron chi connectivity index (χ3n) is 5.75. The molecular formula is C18H29N5O5SSi. The quantitative estimate of drug-likeness (QED) is 0.494. The van der Waals surface area contributed by atoms with Gasteiger partial charge in [-0.3, -0.25) is 4.57 Å². The molecule has 4 unspecified atom stereocenters. The van der Waals surface area contributed by atoms with Crippen LogP contribution >= 0.6 is 11.8 Å². The van der Waals surface area contributed by atoms with E-state index in [0.717, 1.165) is 0 Å². The largest absolute Gasteiger partial charge is 0.506 e. The standard InChI is InChI=1S/C18H29N5O5SSi/c1-18(2,3)30(5,6)28-12-10(7-29-4)26-16(13(12)27-17(24)25)23-9-22-11-14(19)20-8-21-15(11)23/h8-10,12-13,16H,7H2,1-6H3,(H,24,25)(H2,19,20,21). The summed E-state index contributed by atoms with van der Waals surface area (Å²) in [5.41, 5.74) is 6.77. The van der Waals surface area contributed by atoms with Crippen molar-refractivity contribution in [2.45, 2.75) is 63.4 Å². The molecule has 2 aromatic rings. The molecule has 0 amide bonds. The molecule has 2 aromatic heterocycles. The number of nitrogen functional groups attached to an aromatic ring is 1. The lowest BCUT2D eigenvalue weighted by molar-refractivity contribution is -0.0472. The summed E-state index contributed by atoms with van der Waals surface area (Å²) < 4.78 is 19.9. The molecule has 3 heterocycles. The fourth-order valence-corrected chi connectivity index (χ4v) is 5.10. The second-order valence-corrected chi connectivity index (χ2v) is 14.5. The second-order valence-electron chi connectivity index (χ2n) is 8.79. The van der Waals surface area contributed by atoms with Crippen LogP contribution in [0, 0.1) is 0 Å². The van der Waals surface area contributed by atoms with Crippen molar-refractivity contribution in [3.8, 4) is 0 Å². The Balaban J connectivity index is 2.04. The minimum absolute atomic E-state index is 0.0633. The highest BCUT2D eigenvalue weighted by atomic mass is 32.2. The number of nitrogens with two attached hydrogens (primary N) is 1. The number of rotatable bonds is 6. The van der Waals surface area contributed by atoms with Gasteiger partial charge in [-0.1, -0.05) is 20.8 Å². The van der Waals surface area contributed by atoms with Crippen LogP contribution in [0.5, 0.6) is 0 Å². The number of hydrogen-bond acceptors (Lipinski definition) is 9. The van der Waals surface area contributed by atoms with Crippen molar-refractivity contribution in [2.75, 3.05) is 17.7 Å². The molecule has 1 fully saturated rings. The lowest BCUT2D eigenvalue weighted by atomic mass is 10.1. The molecule has 3 N–H and O–H groups in total. The Hall–Kier alpha value is -1.89. The van der Waals surface area contributed by atoms with Crippen molar-refractivity contribution < 1.29 is 23.8 Å². The zero-order valence-electron chi connectivity index (χ0n) is 18.0. The van der Waals surface area contributed by atoms with E-state index in [2.05, 4.69) is 48.8 Å². The molecule has 12 heteroatoms. The van der Waals surface area contributed by atoms with Gasteiger partial charge in [-0.05, 0) is 24.4 Å². The summed E-state index contributed by atoms with van der Waals surface area (Å²) in [5.74, 6) is 0.862. The van der Waals surface area contributed by atoms with Gasteiger partial charge < -0.3 is 24.7 Å². The van der Waals surface area contributed by atoms with E-state index in [-0.39, 0.29) is 17.0 Å². The van der Waals surface area contributed by atoms with Crippen LogP contribution in [0.1, 0.15) is 27.0 Å². The van der Waals surface area contributed by atoms with Crippen LogP contribution < -0.4 is 5.73 Å². The summed E-state index contributed by atoms with van der Waals surface area (Å²) in [4.78, 5) is 24.1. The van der Waals surface area contributed by atoms with Crippen LogP contribution in [0.15, 0.2) is 12.7 Å². The Morgan fingerprint density at radius 2 is 2.03 bits per heavy atom. The summed E-state index contributed by atoms with van der Waals surface area (Å²) in [6.45, 7) is 10.6. The first-order chi connectivity index (χ1) is 14.0. The Morgan fingerprint density at radius 3 is 2.63 bits per heavy atom. The van der Waals surface area contributed by atoms with E-state index in [9.17, 15) is 9.90 Å². The topological polar surface area (TPSA) is 135 Å². The van der Waals surface area contributed by atoms with Gasteiger partial charge in [0, 0.05) is 5.75 Å². The molecule has 0 aromatic carbocycles. The average molecular weight is 456 g/mol. The Kier molecular flexibility index (Phi) is 6.32. The lowest BCUT2D eigenvalue weighted by Gasteiger charge is -2.40. The van der Waals surface area contributed by atoms with E-state index in [1.54, 1.807) is 16.3 Å². The first-order valence-corrected chi connectivity index (χ1v) is 13.9. The number of carboxylic acid groups (broad SMARTS) is 1. The van der Waals surface area contributed by atoms with Gasteiger partial charge in [0.2, 0.25) is 0 Å². The molecule has 30 heavy (non-hydrogen) atoms. The zero-order chi connectivity index (χ0) is 22.3. The zero-order valence-corrected chi connectivity index (χ0v) is 19.8. The van der Waals surface area contributed by atoms with E-state index in [0.29, 0.717) is 16.9 Å². The molecule has 166 valence electrons. The predicted octanol–water partition coefficient (Wildman–Crippen LogP) is 3.12. The summed E-state index contributed by atoms with van der Waals surface area (Å²) >= 11 is 1.60. The minimum atomic E-state index is -2.24. The highest BCUT2D eigenvalue weighted by Crippen LogP contribution is 2.43. The highest BCUT2D eigenvalue weighted by molar-refractivity contribution is 7.98. The summed E-state index contributed by atoms with van der Waals surface area (Å²) in [6.07, 6.45) is 0.837. The summed E-state index contributed by atoms with van der Waals surface area (Å²) in [5, 5.41) is 9.38. The molecule has 1 aliphatic heterocycles. The third-order valence-corrected chi connectivity index (χ3v) is 10.9. The van der Waals surface area contributed by atoms with Crippen LogP contribution in [-0.4, -0.2) is 69.4 Å². The van der Waals surface area contributed by atoms with Crippen molar-refractivity contribution >= 4 is 43.2 Å². The maximum atomic E-state index is 11.6.